The molecule has 0 aromatic heterocycles. The number of hydrogen-bond acceptors (Lipinski definition) is 3. The van der Waals surface area contributed by atoms with E-state index in [-0.39, 0.29) is 30.0 Å². The second-order valence-electron chi connectivity index (χ2n) is 6.98. The third-order valence-corrected chi connectivity index (χ3v) is 5.00. The normalized spacial score (nSPS) is 16.4. The second-order valence-corrected chi connectivity index (χ2v) is 6.98. The maximum atomic E-state index is 5.51. The Balaban J connectivity index is 0.00000338. The summed E-state index contributed by atoms with van der Waals surface area (Å²) < 4.78 is 11.0. The van der Waals surface area contributed by atoms with E-state index in [1.54, 1.807) is 7.11 Å². The number of methoxy groups -OCH3 is 1. The van der Waals surface area contributed by atoms with E-state index in [1.165, 1.54) is 18.4 Å². The molecule has 0 bridgehead atoms. The van der Waals surface area contributed by atoms with E-state index in [2.05, 4.69) is 41.6 Å². The number of halogens is 1. The lowest BCUT2D eigenvalue weighted by atomic mass is 10.0. The van der Waals surface area contributed by atoms with Crippen LogP contribution in [0.5, 0.6) is 5.75 Å². The molecule has 0 amide bonds. The SMILES string of the molecule is CCOCCC1(CNC(=NC)NC(C)c2cc(C)ccc2OC)CC1.I. The number of aryl methyl sites for hydroxylation is 1. The van der Waals surface area contributed by atoms with E-state index < -0.39 is 0 Å². The first kappa shape index (κ1) is 23.0. The van der Waals surface area contributed by atoms with E-state index in [1.807, 2.05) is 20.0 Å². The quantitative estimate of drug-likeness (QED) is 0.245. The maximum Gasteiger partial charge on any atom is 0.191 e. The zero-order valence-corrected chi connectivity index (χ0v) is 19.1. The largest absolute Gasteiger partial charge is 0.496 e. The Kier molecular flexibility index (Phi) is 9.71. The number of aliphatic imine (C=N–C) groups is 1. The van der Waals surface area contributed by atoms with Crippen LogP contribution < -0.4 is 15.4 Å². The lowest BCUT2D eigenvalue weighted by molar-refractivity contribution is 0.128. The van der Waals surface area contributed by atoms with Gasteiger partial charge in [0.1, 0.15) is 5.75 Å². The van der Waals surface area contributed by atoms with Crippen molar-refractivity contribution < 1.29 is 9.47 Å². The number of guanidine groups is 1. The minimum absolute atomic E-state index is 0. The van der Waals surface area contributed by atoms with Gasteiger partial charge in [0.2, 0.25) is 0 Å². The zero-order chi connectivity index (χ0) is 18.3. The molecule has 2 rings (SSSR count). The van der Waals surface area contributed by atoms with Crippen molar-refractivity contribution in [1.82, 2.24) is 10.6 Å². The summed E-state index contributed by atoms with van der Waals surface area (Å²) in [6.07, 6.45) is 3.66. The first-order valence-corrected chi connectivity index (χ1v) is 9.23. The summed E-state index contributed by atoms with van der Waals surface area (Å²) in [5.74, 6) is 1.73. The van der Waals surface area contributed by atoms with Gasteiger partial charge in [0, 0.05) is 32.4 Å². The molecule has 0 radical (unpaired) electrons. The average molecular weight is 475 g/mol. The van der Waals surface area contributed by atoms with Crippen LogP contribution in [0.25, 0.3) is 0 Å². The highest BCUT2D eigenvalue weighted by Crippen LogP contribution is 2.48. The van der Waals surface area contributed by atoms with Crippen molar-refractivity contribution >= 4 is 29.9 Å². The molecule has 148 valence electrons. The Labute approximate surface area is 175 Å². The van der Waals surface area contributed by atoms with Crippen molar-refractivity contribution in [3.8, 4) is 5.75 Å². The molecule has 1 aliphatic rings. The molecular weight excluding hydrogens is 441 g/mol. The molecule has 2 N–H and O–H groups in total. The van der Waals surface area contributed by atoms with Gasteiger partial charge < -0.3 is 20.1 Å². The lowest BCUT2D eigenvalue weighted by Crippen LogP contribution is -2.41. The van der Waals surface area contributed by atoms with Gasteiger partial charge in [-0.05, 0) is 51.5 Å². The van der Waals surface area contributed by atoms with Gasteiger partial charge in [-0.3, -0.25) is 4.99 Å². The van der Waals surface area contributed by atoms with Gasteiger partial charge >= 0.3 is 0 Å². The molecule has 0 saturated heterocycles. The molecule has 1 unspecified atom stereocenters. The van der Waals surface area contributed by atoms with Gasteiger partial charge in [0.05, 0.1) is 13.2 Å². The molecule has 0 spiro atoms. The van der Waals surface area contributed by atoms with Crippen LogP contribution in [-0.4, -0.2) is 39.9 Å². The summed E-state index contributed by atoms with van der Waals surface area (Å²) in [5, 5.41) is 6.97. The fourth-order valence-electron chi connectivity index (χ4n) is 3.07. The van der Waals surface area contributed by atoms with Crippen molar-refractivity contribution in [2.45, 2.75) is 46.1 Å². The molecule has 0 heterocycles. The highest BCUT2D eigenvalue weighted by molar-refractivity contribution is 14.0. The highest BCUT2D eigenvalue weighted by Gasteiger charge is 2.42. The lowest BCUT2D eigenvalue weighted by Gasteiger charge is -2.23. The Morgan fingerprint density at radius 3 is 2.65 bits per heavy atom. The van der Waals surface area contributed by atoms with Gasteiger partial charge in [-0.15, -0.1) is 24.0 Å². The molecule has 1 atom stereocenters. The van der Waals surface area contributed by atoms with E-state index in [0.29, 0.717) is 5.41 Å². The van der Waals surface area contributed by atoms with E-state index in [4.69, 9.17) is 9.47 Å². The van der Waals surface area contributed by atoms with Crippen molar-refractivity contribution in [3.05, 3.63) is 29.3 Å². The molecule has 1 fully saturated rings. The van der Waals surface area contributed by atoms with Gasteiger partial charge in [0.15, 0.2) is 5.96 Å². The molecule has 0 aliphatic heterocycles. The highest BCUT2D eigenvalue weighted by atomic mass is 127. The topological polar surface area (TPSA) is 54.9 Å². The first-order chi connectivity index (χ1) is 12.0. The Hall–Kier alpha value is -1.02. The first-order valence-electron chi connectivity index (χ1n) is 9.23. The molecule has 1 saturated carbocycles. The van der Waals surface area contributed by atoms with Crippen LogP contribution >= 0.6 is 24.0 Å². The molecule has 1 aromatic carbocycles. The van der Waals surface area contributed by atoms with Crippen molar-refractivity contribution in [2.75, 3.05) is 33.9 Å². The number of nitrogens with zero attached hydrogens (tertiary/aromatic N) is 1. The minimum atomic E-state index is 0. The Morgan fingerprint density at radius 1 is 1.35 bits per heavy atom. The predicted octanol–water partition coefficient (Wildman–Crippen LogP) is 4.05. The van der Waals surface area contributed by atoms with Crippen LogP contribution in [0.15, 0.2) is 23.2 Å². The van der Waals surface area contributed by atoms with Crippen LogP contribution in [0.3, 0.4) is 0 Å². The van der Waals surface area contributed by atoms with Crippen molar-refractivity contribution in [2.24, 2.45) is 10.4 Å². The average Bonchev–Trinajstić information content (AvgIpc) is 3.38. The molecule has 1 aliphatic carbocycles. The molecule has 26 heavy (non-hydrogen) atoms. The smallest absolute Gasteiger partial charge is 0.191 e. The third-order valence-electron chi connectivity index (χ3n) is 5.00. The van der Waals surface area contributed by atoms with Crippen LogP contribution in [0.1, 0.15) is 50.3 Å². The standard InChI is InChI=1S/C20H33N3O2.HI/c1-6-25-12-11-20(9-10-20)14-22-19(21-4)23-16(3)17-13-15(2)7-8-18(17)24-5;/h7-8,13,16H,6,9-12,14H2,1-5H3,(H2,21,22,23);1H. The van der Waals surface area contributed by atoms with Gasteiger partial charge in [0.25, 0.3) is 0 Å². The third kappa shape index (κ3) is 6.61. The molecular formula is C20H34IN3O2. The van der Waals surface area contributed by atoms with Crippen molar-refractivity contribution in [3.63, 3.8) is 0 Å². The van der Waals surface area contributed by atoms with Crippen LogP contribution in [-0.2, 0) is 4.74 Å². The van der Waals surface area contributed by atoms with E-state index in [0.717, 1.165) is 43.5 Å². The number of ether oxygens (including phenoxy) is 2. The summed E-state index contributed by atoms with van der Waals surface area (Å²) in [7, 11) is 3.53. The number of nitrogens with one attached hydrogen (secondary N) is 2. The van der Waals surface area contributed by atoms with Gasteiger partial charge in [-0.2, -0.15) is 0 Å². The van der Waals surface area contributed by atoms with Gasteiger partial charge in [-0.1, -0.05) is 17.7 Å². The van der Waals surface area contributed by atoms with Crippen molar-refractivity contribution in [1.29, 1.82) is 0 Å². The molecule has 6 heteroatoms. The van der Waals surface area contributed by atoms with Crippen LogP contribution in [0.2, 0.25) is 0 Å². The van der Waals surface area contributed by atoms with E-state index in [9.17, 15) is 0 Å². The fraction of sp³-hybridized carbons (Fsp3) is 0.650. The number of benzene rings is 1. The summed E-state index contributed by atoms with van der Waals surface area (Å²) in [5.41, 5.74) is 2.75. The molecule has 5 nitrogen and oxygen atoms in total. The van der Waals surface area contributed by atoms with E-state index >= 15 is 0 Å². The Bertz CT molecular complexity index is 588. The maximum absolute atomic E-state index is 5.51. The Morgan fingerprint density at radius 2 is 2.08 bits per heavy atom. The number of hydrogen-bond donors (Lipinski definition) is 2. The second kappa shape index (κ2) is 11.0. The van der Waals surface area contributed by atoms with Gasteiger partial charge in [-0.25, -0.2) is 0 Å². The summed E-state index contributed by atoms with van der Waals surface area (Å²) in [6.45, 7) is 8.86. The minimum Gasteiger partial charge on any atom is -0.496 e. The predicted molar refractivity (Wildman–Crippen MR) is 119 cm³/mol. The summed E-state index contributed by atoms with van der Waals surface area (Å²) in [4.78, 5) is 4.38. The summed E-state index contributed by atoms with van der Waals surface area (Å²) >= 11 is 0. The van der Waals surface area contributed by atoms with Crippen LogP contribution in [0, 0.1) is 12.3 Å². The fourth-order valence-corrected chi connectivity index (χ4v) is 3.07. The molecule has 1 aromatic rings. The zero-order valence-electron chi connectivity index (χ0n) is 16.7. The summed E-state index contributed by atoms with van der Waals surface area (Å²) in [6, 6.07) is 6.36. The monoisotopic (exact) mass is 475 g/mol. The number of rotatable bonds is 9. The van der Waals surface area contributed by atoms with Crippen LogP contribution in [0.4, 0.5) is 0 Å².